The van der Waals surface area contributed by atoms with Crippen LogP contribution in [0.25, 0.3) is 5.13 Å². The second kappa shape index (κ2) is 9.89. The number of carbonyl (C=O) groups excluding carboxylic acids is 1. The van der Waals surface area contributed by atoms with Crippen molar-refractivity contribution >= 4 is 17.2 Å². The topological polar surface area (TPSA) is 82.5 Å². The number of aryl methyl sites for hydroxylation is 1. The molecule has 3 heterocycles. The second-order valence-electron chi connectivity index (χ2n) is 7.45. The molecule has 2 aromatic heterocycles. The van der Waals surface area contributed by atoms with Crippen LogP contribution in [0, 0.1) is 6.92 Å². The van der Waals surface area contributed by atoms with E-state index < -0.39 is 0 Å². The van der Waals surface area contributed by atoms with Crippen molar-refractivity contribution in [3.05, 3.63) is 75.1 Å². The van der Waals surface area contributed by atoms with Gasteiger partial charge in [0.15, 0.2) is 5.13 Å². The first-order valence-corrected chi connectivity index (χ1v) is 11.2. The number of benzene rings is 1. The molecule has 0 aliphatic carbocycles. The summed E-state index contributed by atoms with van der Waals surface area (Å²) in [5.41, 5.74) is 1.35. The van der Waals surface area contributed by atoms with Gasteiger partial charge < -0.3 is 14.8 Å². The van der Waals surface area contributed by atoms with Gasteiger partial charge in [-0.2, -0.15) is 0 Å². The normalized spacial score (nSPS) is 16.1. The van der Waals surface area contributed by atoms with Crippen LogP contribution in [-0.2, 0) is 11.3 Å². The van der Waals surface area contributed by atoms with E-state index in [1.807, 2.05) is 30.3 Å². The smallest absolute Gasteiger partial charge is 0.263 e. The van der Waals surface area contributed by atoms with Gasteiger partial charge in [0.2, 0.25) is 0 Å². The molecule has 8 heteroatoms. The Morgan fingerprint density at radius 2 is 2.13 bits per heavy atom. The number of aromatic nitrogens is 2. The molecular weight excluding hydrogens is 414 g/mol. The molecule has 1 amide bonds. The van der Waals surface area contributed by atoms with Gasteiger partial charge in [-0.3, -0.25) is 14.2 Å². The number of nitrogens with zero attached hydrogens (tertiary/aromatic N) is 2. The minimum absolute atomic E-state index is 0.0785. The molecule has 1 saturated heterocycles. The average Bonchev–Trinajstić information content (AvgIpc) is 3.19. The van der Waals surface area contributed by atoms with Gasteiger partial charge in [0.05, 0.1) is 11.8 Å². The van der Waals surface area contributed by atoms with Crippen LogP contribution in [0.5, 0.6) is 5.75 Å². The van der Waals surface area contributed by atoms with E-state index in [9.17, 15) is 9.59 Å². The van der Waals surface area contributed by atoms with Crippen LogP contribution in [0.1, 0.15) is 40.2 Å². The summed E-state index contributed by atoms with van der Waals surface area (Å²) in [5.74, 6) is 0.301. The van der Waals surface area contributed by atoms with E-state index in [2.05, 4.69) is 10.3 Å². The van der Waals surface area contributed by atoms with Crippen LogP contribution in [0.3, 0.4) is 0 Å². The fourth-order valence-corrected chi connectivity index (χ4v) is 4.36. The molecule has 1 unspecified atom stereocenters. The fourth-order valence-electron chi connectivity index (χ4n) is 3.39. The van der Waals surface area contributed by atoms with E-state index in [-0.39, 0.29) is 17.6 Å². The second-order valence-corrected chi connectivity index (χ2v) is 8.43. The largest absolute Gasteiger partial charge is 0.491 e. The number of hydrogen-bond acceptors (Lipinski definition) is 6. The lowest BCUT2D eigenvalue weighted by molar-refractivity contribution is -0.0111. The zero-order chi connectivity index (χ0) is 21.6. The number of amides is 1. The molecule has 1 aliphatic rings. The van der Waals surface area contributed by atoms with Gasteiger partial charge in [-0.1, -0.05) is 41.7 Å². The van der Waals surface area contributed by atoms with Crippen LogP contribution in [0.2, 0.25) is 0 Å². The monoisotopic (exact) mass is 439 g/mol. The highest BCUT2D eigenvalue weighted by Gasteiger charge is 2.18. The number of pyridine rings is 1. The SMILES string of the molecule is Cc1nc(-n2ccc(OCC3CCCCO3)cc2=O)sc1C(=O)NCc1ccccc1. The standard InChI is InChI=1S/C23H25N3O4S/c1-16-21(22(28)24-14-17-7-3-2-4-8-17)31-23(25-16)26-11-10-18(13-20(26)27)30-15-19-9-5-6-12-29-19/h2-4,7-8,10-11,13,19H,5-6,9,12,14-15H2,1H3,(H,24,28). The molecule has 3 aromatic rings. The van der Waals surface area contributed by atoms with E-state index in [0.29, 0.717) is 34.6 Å². The van der Waals surface area contributed by atoms with E-state index in [4.69, 9.17) is 9.47 Å². The fraction of sp³-hybridized carbons (Fsp3) is 0.348. The minimum atomic E-state index is -0.257. The highest BCUT2D eigenvalue weighted by Crippen LogP contribution is 2.22. The molecule has 0 radical (unpaired) electrons. The predicted molar refractivity (Wildman–Crippen MR) is 119 cm³/mol. The molecule has 1 N–H and O–H groups in total. The van der Waals surface area contributed by atoms with E-state index >= 15 is 0 Å². The first kappa shape index (κ1) is 21.3. The lowest BCUT2D eigenvalue weighted by atomic mass is 10.1. The maximum Gasteiger partial charge on any atom is 0.263 e. The third-order valence-corrected chi connectivity index (χ3v) is 6.25. The summed E-state index contributed by atoms with van der Waals surface area (Å²) in [5, 5.41) is 3.36. The lowest BCUT2D eigenvalue weighted by Crippen LogP contribution is -2.26. The van der Waals surface area contributed by atoms with Crippen molar-refractivity contribution in [2.24, 2.45) is 0 Å². The molecule has 1 aromatic carbocycles. The van der Waals surface area contributed by atoms with Crippen molar-refractivity contribution in [2.45, 2.75) is 38.8 Å². The van der Waals surface area contributed by atoms with Crippen LogP contribution >= 0.6 is 11.3 Å². The number of carbonyl (C=O) groups is 1. The van der Waals surface area contributed by atoms with Gasteiger partial charge in [-0.25, -0.2) is 4.98 Å². The van der Waals surface area contributed by atoms with E-state index in [1.54, 1.807) is 19.2 Å². The number of nitrogens with one attached hydrogen (secondary N) is 1. The van der Waals surface area contributed by atoms with Crippen LogP contribution in [-0.4, -0.2) is 34.8 Å². The number of hydrogen-bond donors (Lipinski definition) is 1. The summed E-state index contributed by atoms with van der Waals surface area (Å²) >= 11 is 1.19. The zero-order valence-electron chi connectivity index (χ0n) is 17.4. The molecule has 1 fully saturated rings. The molecular formula is C23H25N3O4S. The highest BCUT2D eigenvalue weighted by atomic mass is 32.1. The van der Waals surface area contributed by atoms with Crippen LogP contribution in [0.4, 0.5) is 0 Å². The quantitative estimate of drug-likeness (QED) is 0.610. The molecule has 162 valence electrons. The van der Waals surface area contributed by atoms with Crippen molar-refractivity contribution in [1.29, 1.82) is 0 Å². The van der Waals surface area contributed by atoms with Crippen molar-refractivity contribution in [3.8, 4) is 10.9 Å². The molecule has 0 bridgehead atoms. The molecule has 7 nitrogen and oxygen atoms in total. The van der Waals surface area contributed by atoms with Crippen molar-refractivity contribution < 1.29 is 14.3 Å². The van der Waals surface area contributed by atoms with Gasteiger partial charge in [0.1, 0.15) is 17.2 Å². The molecule has 1 aliphatic heterocycles. The Balaban J connectivity index is 1.42. The summed E-state index contributed by atoms with van der Waals surface area (Å²) in [4.78, 5) is 30.1. The number of rotatable bonds is 7. The molecule has 1 atom stereocenters. The lowest BCUT2D eigenvalue weighted by Gasteiger charge is -2.22. The van der Waals surface area contributed by atoms with Crippen molar-refractivity contribution in [1.82, 2.24) is 14.9 Å². The summed E-state index contributed by atoms with van der Waals surface area (Å²) in [6.07, 6.45) is 4.91. The zero-order valence-corrected chi connectivity index (χ0v) is 18.2. The Kier molecular flexibility index (Phi) is 6.79. The Labute approximate surface area is 184 Å². The number of thiazole rings is 1. The van der Waals surface area contributed by atoms with E-state index in [0.717, 1.165) is 31.4 Å². The van der Waals surface area contributed by atoms with Crippen LogP contribution < -0.4 is 15.6 Å². The Hall–Kier alpha value is -2.97. The van der Waals surface area contributed by atoms with Gasteiger partial charge in [0, 0.05) is 25.4 Å². The molecule has 0 spiro atoms. The Morgan fingerprint density at radius 3 is 2.87 bits per heavy atom. The summed E-state index contributed by atoms with van der Waals surface area (Å²) < 4.78 is 12.8. The summed E-state index contributed by atoms with van der Waals surface area (Å²) in [7, 11) is 0. The van der Waals surface area contributed by atoms with Gasteiger partial charge in [-0.05, 0) is 37.8 Å². The summed E-state index contributed by atoms with van der Waals surface area (Å²) in [6.45, 7) is 3.40. The Bertz CT molecular complexity index is 1090. The maximum atomic E-state index is 12.6. The van der Waals surface area contributed by atoms with Gasteiger partial charge in [0.25, 0.3) is 11.5 Å². The molecule has 4 rings (SSSR count). The predicted octanol–water partition coefficient (Wildman–Crippen LogP) is 3.48. The van der Waals surface area contributed by atoms with Crippen LogP contribution in [0.15, 0.2) is 53.5 Å². The minimum Gasteiger partial charge on any atom is -0.491 e. The highest BCUT2D eigenvalue weighted by molar-refractivity contribution is 7.16. The van der Waals surface area contributed by atoms with Crippen molar-refractivity contribution in [2.75, 3.05) is 13.2 Å². The van der Waals surface area contributed by atoms with Gasteiger partial charge >= 0.3 is 0 Å². The van der Waals surface area contributed by atoms with Gasteiger partial charge in [-0.15, -0.1) is 0 Å². The maximum absolute atomic E-state index is 12.6. The first-order valence-electron chi connectivity index (χ1n) is 10.4. The third-order valence-electron chi connectivity index (χ3n) is 5.09. The molecule has 31 heavy (non-hydrogen) atoms. The van der Waals surface area contributed by atoms with Crippen molar-refractivity contribution in [3.63, 3.8) is 0 Å². The first-order chi connectivity index (χ1) is 15.1. The summed E-state index contributed by atoms with van der Waals surface area (Å²) in [6, 6.07) is 12.9. The third kappa shape index (κ3) is 5.39. The molecule has 0 saturated carbocycles. The van der Waals surface area contributed by atoms with E-state index in [1.165, 1.54) is 22.0 Å². The Morgan fingerprint density at radius 1 is 1.29 bits per heavy atom. The average molecular weight is 440 g/mol. The number of ether oxygens (including phenoxy) is 2.